The molecule has 1 aromatic carbocycles. The molecule has 78 valence electrons. The molecule has 0 aliphatic carbocycles. The van der Waals surface area contributed by atoms with Gasteiger partial charge in [-0.15, -0.1) is 0 Å². The molecule has 2 aromatic rings. The lowest BCUT2D eigenvalue weighted by molar-refractivity contribution is 0.607. The average Bonchev–Trinajstić information content (AvgIpc) is 2.61. The lowest BCUT2D eigenvalue weighted by atomic mass is 10.0. The second kappa shape index (κ2) is 3.56. The number of imidazole rings is 1. The van der Waals surface area contributed by atoms with Gasteiger partial charge in [0.15, 0.2) is 0 Å². The third-order valence-corrected chi connectivity index (χ3v) is 3.32. The zero-order valence-corrected chi connectivity index (χ0v) is 9.50. The summed E-state index contributed by atoms with van der Waals surface area (Å²) in [6.07, 6.45) is 3.41. The van der Waals surface area contributed by atoms with Gasteiger partial charge >= 0.3 is 0 Å². The summed E-state index contributed by atoms with van der Waals surface area (Å²) < 4.78 is 2.38. The second-order valence-corrected chi connectivity index (χ2v) is 4.49. The van der Waals surface area contributed by atoms with Crippen molar-refractivity contribution in [2.45, 2.75) is 25.8 Å². The van der Waals surface area contributed by atoms with Gasteiger partial charge in [-0.25, -0.2) is 4.98 Å². The SMILES string of the molecule is SCCc1nc2cccc3c2n1CCC3. The Morgan fingerprint density at radius 1 is 1.40 bits per heavy atom. The number of aromatic nitrogens is 2. The Labute approximate surface area is 94.7 Å². The lowest BCUT2D eigenvalue weighted by Gasteiger charge is -2.16. The van der Waals surface area contributed by atoms with E-state index in [2.05, 4.69) is 40.4 Å². The van der Waals surface area contributed by atoms with Crippen molar-refractivity contribution in [1.29, 1.82) is 0 Å². The normalized spacial score (nSPS) is 14.7. The number of aryl methyl sites for hydroxylation is 3. The number of rotatable bonds is 2. The average molecular weight is 218 g/mol. The van der Waals surface area contributed by atoms with Gasteiger partial charge in [0.05, 0.1) is 11.0 Å². The van der Waals surface area contributed by atoms with Crippen molar-refractivity contribution in [1.82, 2.24) is 9.55 Å². The van der Waals surface area contributed by atoms with Crippen LogP contribution >= 0.6 is 12.6 Å². The largest absolute Gasteiger partial charge is 0.328 e. The zero-order chi connectivity index (χ0) is 10.3. The maximum atomic E-state index is 4.69. The van der Waals surface area contributed by atoms with E-state index in [0.717, 1.165) is 24.2 Å². The van der Waals surface area contributed by atoms with Gasteiger partial charge < -0.3 is 4.57 Å². The molecule has 15 heavy (non-hydrogen) atoms. The van der Waals surface area contributed by atoms with Crippen LogP contribution in [0.4, 0.5) is 0 Å². The van der Waals surface area contributed by atoms with Crippen LogP contribution in [-0.4, -0.2) is 15.3 Å². The van der Waals surface area contributed by atoms with E-state index in [1.807, 2.05) is 0 Å². The highest BCUT2D eigenvalue weighted by Gasteiger charge is 2.16. The van der Waals surface area contributed by atoms with E-state index in [1.165, 1.54) is 29.7 Å². The predicted octanol–water partition coefficient (Wildman–Crippen LogP) is 2.45. The Morgan fingerprint density at radius 2 is 2.33 bits per heavy atom. The molecule has 3 heteroatoms. The maximum absolute atomic E-state index is 4.69. The highest BCUT2D eigenvalue weighted by molar-refractivity contribution is 7.80. The van der Waals surface area contributed by atoms with Crippen LogP contribution in [0.15, 0.2) is 18.2 Å². The summed E-state index contributed by atoms with van der Waals surface area (Å²) in [4.78, 5) is 4.69. The molecule has 1 aromatic heterocycles. The van der Waals surface area contributed by atoms with Gasteiger partial charge in [0, 0.05) is 13.0 Å². The Hall–Kier alpha value is -0.960. The molecular formula is C12H14N2S. The summed E-state index contributed by atoms with van der Waals surface area (Å²) in [5.74, 6) is 2.07. The van der Waals surface area contributed by atoms with Crippen molar-refractivity contribution in [3.05, 3.63) is 29.6 Å². The standard InChI is InChI=1S/C12H14N2S/c15-8-6-11-13-10-5-1-3-9-4-2-7-14(11)12(9)10/h1,3,5,15H,2,4,6-8H2. The Morgan fingerprint density at radius 3 is 3.20 bits per heavy atom. The van der Waals surface area contributed by atoms with Gasteiger partial charge in [-0.1, -0.05) is 12.1 Å². The summed E-state index contributed by atoms with van der Waals surface area (Å²) in [6, 6.07) is 6.46. The molecule has 0 bridgehead atoms. The van der Waals surface area contributed by atoms with E-state index in [0.29, 0.717) is 0 Å². The van der Waals surface area contributed by atoms with Gasteiger partial charge in [-0.3, -0.25) is 0 Å². The molecule has 0 amide bonds. The van der Waals surface area contributed by atoms with Crippen LogP contribution in [0.2, 0.25) is 0 Å². The van der Waals surface area contributed by atoms with Crippen molar-refractivity contribution in [2.75, 3.05) is 5.75 Å². The van der Waals surface area contributed by atoms with E-state index in [1.54, 1.807) is 0 Å². The fraction of sp³-hybridized carbons (Fsp3) is 0.417. The maximum Gasteiger partial charge on any atom is 0.110 e. The molecule has 1 aliphatic rings. The van der Waals surface area contributed by atoms with E-state index < -0.39 is 0 Å². The zero-order valence-electron chi connectivity index (χ0n) is 8.61. The fourth-order valence-corrected chi connectivity index (χ4v) is 2.67. The first-order valence-corrected chi connectivity index (χ1v) is 6.11. The van der Waals surface area contributed by atoms with Crippen molar-refractivity contribution >= 4 is 23.7 Å². The van der Waals surface area contributed by atoms with Crippen LogP contribution in [-0.2, 0) is 19.4 Å². The van der Waals surface area contributed by atoms with E-state index in [9.17, 15) is 0 Å². The fourth-order valence-electron chi connectivity index (χ4n) is 2.47. The molecule has 0 saturated carbocycles. The van der Waals surface area contributed by atoms with E-state index in [-0.39, 0.29) is 0 Å². The first-order valence-electron chi connectivity index (χ1n) is 5.48. The number of benzene rings is 1. The van der Waals surface area contributed by atoms with Crippen molar-refractivity contribution in [2.24, 2.45) is 0 Å². The topological polar surface area (TPSA) is 17.8 Å². The van der Waals surface area contributed by atoms with Crippen LogP contribution < -0.4 is 0 Å². The van der Waals surface area contributed by atoms with Gasteiger partial charge in [-0.2, -0.15) is 12.6 Å². The highest BCUT2D eigenvalue weighted by Crippen LogP contribution is 2.26. The Balaban J connectivity index is 2.28. The Bertz CT molecular complexity index is 502. The smallest absolute Gasteiger partial charge is 0.110 e. The quantitative estimate of drug-likeness (QED) is 0.767. The molecule has 1 aliphatic heterocycles. The van der Waals surface area contributed by atoms with Crippen LogP contribution in [0, 0.1) is 0 Å². The molecular weight excluding hydrogens is 204 g/mol. The molecule has 3 rings (SSSR count). The van der Waals surface area contributed by atoms with Gasteiger partial charge in [0.2, 0.25) is 0 Å². The monoisotopic (exact) mass is 218 g/mol. The minimum atomic E-state index is 0.874. The van der Waals surface area contributed by atoms with Crippen molar-refractivity contribution in [3.8, 4) is 0 Å². The summed E-state index contributed by atoms with van der Waals surface area (Å²) >= 11 is 4.29. The number of nitrogens with zero attached hydrogens (tertiary/aromatic N) is 2. The summed E-state index contributed by atoms with van der Waals surface area (Å²) in [5.41, 5.74) is 3.97. The first-order chi connectivity index (χ1) is 7.40. The van der Waals surface area contributed by atoms with Crippen LogP contribution in [0.3, 0.4) is 0 Å². The van der Waals surface area contributed by atoms with Gasteiger partial charge in [0.25, 0.3) is 0 Å². The van der Waals surface area contributed by atoms with Crippen LogP contribution in [0.5, 0.6) is 0 Å². The number of thiol groups is 1. The number of hydrogen-bond acceptors (Lipinski definition) is 2. The molecule has 2 nitrogen and oxygen atoms in total. The molecule has 0 spiro atoms. The minimum Gasteiger partial charge on any atom is -0.328 e. The number of para-hydroxylation sites is 1. The molecule has 0 fully saturated rings. The predicted molar refractivity (Wildman–Crippen MR) is 65.6 cm³/mol. The first kappa shape index (κ1) is 9.28. The second-order valence-electron chi connectivity index (χ2n) is 4.04. The summed E-state index contributed by atoms with van der Waals surface area (Å²) in [7, 11) is 0. The molecule has 0 N–H and O–H groups in total. The van der Waals surface area contributed by atoms with Crippen LogP contribution in [0.25, 0.3) is 11.0 Å². The summed E-state index contributed by atoms with van der Waals surface area (Å²) in [5, 5.41) is 0. The van der Waals surface area contributed by atoms with E-state index in [4.69, 9.17) is 0 Å². The Kier molecular flexibility index (Phi) is 2.20. The third kappa shape index (κ3) is 1.37. The van der Waals surface area contributed by atoms with Gasteiger partial charge in [-0.05, 0) is 30.2 Å². The minimum absolute atomic E-state index is 0.874. The highest BCUT2D eigenvalue weighted by atomic mass is 32.1. The van der Waals surface area contributed by atoms with Crippen molar-refractivity contribution < 1.29 is 0 Å². The number of hydrogen-bond donors (Lipinski definition) is 1. The molecule has 0 radical (unpaired) electrons. The van der Waals surface area contributed by atoms with Gasteiger partial charge in [0.1, 0.15) is 5.82 Å². The molecule has 0 unspecified atom stereocenters. The van der Waals surface area contributed by atoms with Crippen LogP contribution in [0.1, 0.15) is 17.8 Å². The molecule has 0 saturated heterocycles. The summed E-state index contributed by atoms with van der Waals surface area (Å²) in [6.45, 7) is 1.12. The van der Waals surface area contributed by atoms with E-state index >= 15 is 0 Å². The third-order valence-electron chi connectivity index (χ3n) is 3.09. The molecule has 2 heterocycles. The lowest BCUT2D eigenvalue weighted by Crippen LogP contribution is -2.10. The molecule has 0 atom stereocenters. The van der Waals surface area contributed by atoms with Crippen molar-refractivity contribution in [3.63, 3.8) is 0 Å².